The molecule has 3 aromatic rings. The van der Waals surface area contributed by atoms with E-state index < -0.39 is 0 Å². The maximum absolute atomic E-state index is 6.03. The normalized spacial score (nSPS) is 25.8. The predicted molar refractivity (Wildman–Crippen MR) is 102 cm³/mol. The molecule has 0 radical (unpaired) electrons. The van der Waals surface area contributed by atoms with E-state index in [0.717, 1.165) is 33.1 Å². The van der Waals surface area contributed by atoms with E-state index in [1.165, 1.54) is 12.8 Å². The van der Waals surface area contributed by atoms with E-state index in [1.54, 1.807) is 18.4 Å². The molecular weight excluding hydrogens is 330 g/mol. The number of furan rings is 1. The van der Waals surface area contributed by atoms with Crippen molar-refractivity contribution in [1.29, 1.82) is 0 Å². The van der Waals surface area contributed by atoms with Crippen LogP contribution in [-0.4, -0.2) is 17.9 Å². The summed E-state index contributed by atoms with van der Waals surface area (Å²) < 4.78 is 7.95. The minimum Gasteiger partial charge on any atom is -0.454 e. The zero-order valence-corrected chi connectivity index (χ0v) is 14.8. The summed E-state index contributed by atoms with van der Waals surface area (Å²) in [6, 6.07) is 10.1. The van der Waals surface area contributed by atoms with Gasteiger partial charge in [-0.25, -0.2) is 4.68 Å². The van der Waals surface area contributed by atoms with Gasteiger partial charge in [0.2, 0.25) is 4.80 Å². The second kappa shape index (κ2) is 5.85. The molecule has 3 atom stereocenters. The van der Waals surface area contributed by atoms with Crippen molar-refractivity contribution < 1.29 is 4.42 Å². The third-order valence-electron chi connectivity index (χ3n) is 5.26. The minimum atomic E-state index is 0.538. The van der Waals surface area contributed by atoms with E-state index in [9.17, 15) is 0 Å². The Morgan fingerprint density at radius 3 is 2.92 bits per heavy atom. The number of thiazole rings is 1. The van der Waals surface area contributed by atoms with Crippen molar-refractivity contribution in [3.8, 4) is 11.5 Å². The van der Waals surface area contributed by atoms with Crippen LogP contribution in [0.4, 0.5) is 0 Å². The molecule has 0 saturated heterocycles. The van der Waals surface area contributed by atoms with Gasteiger partial charge < -0.3 is 4.42 Å². The third kappa shape index (κ3) is 2.50. The first-order valence-electron chi connectivity index (χ1n) is 8.67. The first kappa shape index (κ1) is 14.9. The van der Waals surface area contributed by atoms with Gasteiger partial charge in [0.1, 0.15) is 11.3 Å². The van der Waals surface area contributed by atoms with Crippen molar-refractivity contribution in [2.75, 3.05) is 7.05 Å². The van der Waals surface area contributed by atoms with E-state index >= 15 is 0 Å². The molecule has 1 saturated carbocycles. The maximum atomic E-state index is 6.03. The summed E-state index contributed by atoms with van der Waals surface area (Å²) in [5, 5.41) is 7.97. The Labute approximate surface area is 149 Å². The van der Waals surface area contributed by atoms with Gasteiger partial charge in [-0.05, 0) is 36.8 Å². The lowest BCUT2D eigenvalue weighted by Crippen LogP contribution is -2.14. The molecule has 5 rings (SSSR count). The number of nitrogens with zero attached hydrogens (tertiary/aromatic N) is 3. The Kier molecular flexibility index (Phi) is 3.48. The molecule has 2 aromatic heterocycles. The number of allylic oxidation sites excluding steroid dienone is 2. The molecule has 1 aromatic carbocycles. The van der Waals surface area contributed by atoms with Gasteiger partial charge in [-0.15, -0.1) is 11.3 Å². The Morgan fingerprint density at radius 1 is 1.24 bits per heavy atom. The topological polar surface area (TPSA) is 42.8 Å². The summed E-state index contributed by atoms with van der Waals surface area (Å²) in [7, 11) is 1.81. The highest BCUT2D eigenvalue weighted by Gasteiger charge is 2.34. The smallest absolute Gasteiger partial charge is 0.206 e. The number of benzene rings is 1. The average Bonchev–Trinajstić information content (AvgIpc) is 3.41. The van der Waals surface area contributed by atoms with Gasteiger partial charge in [-0.1, -0.05) is 30.4 Å². The lowest BCUT2D eigenvalue weighted by Gasteiger charge is -2.12. The molecule has 3 unspecified atom stereocenters. The molecule has 1 fully saturated rings. The predicted octanol–water partition coefficient (Wildman–Crippen LogP) is 4.54. The van der Waals surface area contributed by atoms with Crippen LogP contribution in [0.3, 0.4) is 0 Å². The van der Waals surface area contributed by atoms with E-state index in [2.05, 4.69) is 40.9 Å². The highest BCUT2D eigenvalue weighted by Crippen LogP contribution is 2.42. The number of para-hydroxylation sites is 1. The highest BCUT2D eigenvalue weighted by molar-refractivity contribution is 7.07. The summed E-state index contributed by atoms with van der Waals surface area (Å²) in [6.45, 7) is 0. The molecular formula is C20H19N3OS. The van der Waals surface area contributed by atoms with Crippen LogP contribution in [0.5, 0.6) is 0 Å². The van der Waals surface area contributed by atoms with Crippen LogP contribution in [0, 0.1) is 17.8 Å². The summed E-state index contributed by atoms with van der Waals surface area (Å²) >= 11 is 1.59. The summed E-state index contributed by atoms with van der Waals surface area (Å²) in [4.78, 5) is 5.26. The van der Waals surface area contributed by atoms with Gasteiger partial charge >= 0.3 is 0 Å². The van der Waals surface area contributed by atoms with Gasteiger partial charge in [-0.2, -0.15) is 5.10 Å². The zero-order valence-electron chi connectivity index (χ0n) is 14.0. The standard InChI is InChI=1S/C20H19N3OS/c1-21-20-23(22-11-16-9-13-6-7-14(16)8-13)17(12-25-20)19-10-15-4-2-3-5-18(15)24-19/h2-7,10-14,16H,8-9H2,1H3. The molecule has 0 N–H and O–H groups in total. The van der Waals surface area contributed by atoms with Crippen LogP contribution in [0.15, 0.2) is 62.4 Å². The van der Waals surface area contributed by atoms with Crippen LogP contribution < -0.4 is 4.80 Å². The van der Waals surface area contributed by atoms with Crippen molar-refractivity contribution >= 4 is 28.5 Å². The monoisotopic (exact) mass is 349 g/mol. The molecule has 5 heteroatoms. The van der Waals surface area contributed by atoms with Gasteiger partial charge in [0.05, 0.1) is 0 Å². The molecule has 25 heavy (non-hydrogen) atoms. The molecule has 0 aliphatic heterocycles. The Balaban J connectivity index is 1.55. The summed E-state index contributed by atoms with van der Waals surface area (Å²) in [6.07, 6.45) is 9.33. The average molecular weight is 349 g/mol. The minimum absolute atomic E-state index is 0.538. The van der Waals surface area contributed by atoms with Crippen LogP contribution in [0.1, 0.15) is 12.8 Å². The fourth-order valence-electron chi connectivity index (χ4n) is 3.99. The van der Waals surface area contributed by atoms with E-state index in [-0.39, 0.29) is 0 Å². The number of fused-ring (bicyclic) bond motifs is 3. The van der Waals surface area contributed by atoms with E-state index in [1.807, 2.05) is 22.9 Å². The third-order valence-corrected chi connectivity index (χ3v) is 6.17. The number of aromatic nitrogens is 1. The molecule has 2 aliphatic rings. The zero-order chi connectivity index (χ0) is 16.8. The quantitative estimate of drug-likeness (QED) is 0.506. The van der Waals surface area contributed by atoms with E-state index in [0.29, 0.717) is 11.8 Å². The maximum Gasteiger partial charge on any atom is 0.206 e. The van der Waals surface area contributed by atoms with Gasteiger partial charge in [0.15, 0.2) is 5.76 Å². The summed E-state index contributed by atoms with van der Waals surface area (Å²) in [5.41, 5.74) is 1.85. The van der Waals surface area contributed by atoms with Crippen molar-refractivity contribution in [2.45, 2.75) is 12.8 Å². The molecule has 2 heterocycles. The van der Waals surface area contributed by atoms with Crippen LogP contribution >= 0.6 is 11.3 Å². The Morgan fingerprint density at radius 2 is 2.16 bits per heavy atom. The van der Waals surface area contributed by atoms with Crippen molar-refractivity contribution in [2.24, 2.45) is 27.8 Å². The van der Waals surface area contributed by atoms with Crippen LogP contribution in [0.25, 0.3) is 22.4 Å². The first-order chi connectivity index (χ1) is 12.3. The van der Waals surface area contributed by atoms with Crippen LogP contribution in [0.2, 0.25) is 0 Å². The number of rotatable bonds is 3. The molecule has 0 amide bonds. The molecule has 2 aliphatic carbocycles. The second-order valence-corrected chi connectivity index (χ2v) is 7.63. The van der Waals surface area contributed by atoms with Crippen molar-refractivity contribution in [3.63, 3.8) is 0 Å². The first-order valence-corrected chi connectivity index (χ1v) is 9.55. The number of hydrogen-bond donors (Lipinski definition) is 0. The van der Waals surface area contributed by atoms with Crippen molar-refractivity contribution in [3.05, 3.63) is 52.7 Å². The van der Waals surface area contributed by atoms with Crippen molar-refractivity contribution in [1.82, 2.24) is 4.68 Å². The highest BCUT2D eigenvalue weighted by atomic mass is 32.1. The lowest BCUT2D eigenvalue weighted by molar-refractivity contribution is 0.588. The Hall–Kier alpha value is -2.40. The van der Waals surface area contributed by atoms with Gasteiger partial charge in [0.25, 0.3) is 0 Å². The fourth-order valence-corrected chi connectivity index (χ4v) is 4.77. The SMILES string of the molecule is CN=c1scc(-c2cc3ccccc3o2)n1N=CC1CC2C=CC1C2. The van der Waals surface area contributed by atoms with Crippen LogP contribution in [-0.2, 0) is 0 Å². The number of hydrogen-bond acceptors (Lipinski definition) is 4. The van der Waals surface area contributed by atoms with E-state index in [4.69, 9.17) is 9.52 Å². The fraction of sp³-hybridized carbons (Fsp3) is 0.300. The lowest BCUT2D eigenvalue weighted by atomic mass is 9.95. The molecule has 0 spiro atoms. The molecule has 4 nitrogen and oxygen atoms in total. The Bertz CT molecular complexity index is 1020. The summed E-state index contributed by atoms with van der Waals surface area (Å²) in [5.74, 6) is 2.77. The van der Waals surface area contributed by atoms with Gasteiger partial charge in [0, 0.05) is 29.9 Å². The molecule has 126 valence electrons. The largest absolute Gasteiger partial charge is 0.454 e. The second-order valence-electron chi connectivity index (χ2n) is 6.80. The van der Waals surface area contributed by atoms with Gasteiger partial charge in [-0.3, -0.25) is 4.99 Å². The molecule has 2 bridgehead atoms.